The molecule has 114 valence electrons. The molecule has 0 aliphatic heterocycles. The number of carboxylic acid groups (broad SMARTS) is 1. The van der Waals surface area contributed by atoms with E-state index < -0.39 is 30.3 Å². The van der Waals surface area contributed by atoms with Crippen molar-refractivity contribution in [2.75, 3.05) is 6.54 Å². The minimum Gasteiger partial charge on any atom is -0.481 e. The molecule has 4 N–H and O–H groups in total. The van der Waals surface area contributed by atoms with Gasteiger partial charge in [-0.25, -0.2) is 0 Å². The van der Waals surface area contributed by atoms with E-state index in [1.54, 1.807) is 6.92 Å². The molecule has 1 aliphatic rings. The van der Waals surface area contributed by atoms with Crippen molar-refractivity contribution < 1.29 is 24.2 Å². The number of esters is 1. The Labute approximate surface area is 117 Å². The van der Waals surface area contributed by atoms with Gasteiger partial charge in [-0.05, 0) is 25.7 Å². The highest BCUT2D eigenvalue weighted by molar-refractivity contribution is 5.86. The summed E-state index contributed by atoms with van der Waals surface area (Å²) < 4.78 is 5.31. The van der Waals surface area contributed by atoms with Crippen molar-refractivity contribution in [3.05, 3.63) is 0 Å². The molecule has 1 fully saturated rings. The fraction of sp³-hybridized carbons (Fsp3) is 0.769. The van der Waals surface area contributed by atoms with E-state index in [0.29, 0.717) is 0 Å². The highest BCUT2D eigenvalue weighted by Crippen LogP contribution is 2.21. The maximum absolute atomic E-state index is 11.8. The van der Waals surface area contributed by atoms with Gasteiger partial charge in [-0.3, -0.25) is 14.4 Å². The molecule has 0 heterocycles. The van der Waals surface area contributed by atoms with E-state index in [4.69, 9.17) is 15.6 Å². The molecule has 1 saturated carbocycles. The lowest BCUT2D eigenvalue weighted by Gasteiger charge is -2.17. The Morgan fingerprint density at radius 1 is 1.35 bits per heavy atom. The van der Waals surface area contributed by atoms with Crippen LogP contribution in [0, 0.1) is 5.92 Å². The maximum Gasteiger partial charge on any atom is 0.310 e. The summed E-state index contributed by atoms with van der Waals surface area (Å²) in [5, 5.41) is 11.0. The number of nitrogens with one attached hydrogen (secondary N) is 1. The van der Waals surface area contributed by atoms with Crippen LogP contribution in [-0.2, 0) is 19.1 Å². The van der Waals surface area contributed by atoms with Crippen molar-refractivity contribution in [3.63, 3.8) is 0 Å². The van der Waals surface area contributed by atoms with Gasteiger partial charge in [0, 0.05) is 6.54 Å². The molecule has 7 heteroatoms. The van der Waals surface area contributed by atoms with Crippen LogP contribution in [0.3, 0.4) is 0 Å². The van der Waals surface area contributed by atoms with Crippen molar-refractivity contribution >= 4 is 17.8 Å². The first-order valence-corrected chi connectivity index (χ1v) is 6.85. The van der Waals surface area contributed by atoms with Crippen LogP contribution >= 0.6 is 0 Å². The van der Waals surface area contributed by atoms with Crippen LogP contribution in [0.2, 0.25) is 0 Å². The van der Waals surface area contributed by atoms with Gasteiger partial charge in [0.05, 0.1) is 18.4 Å². The molecular formula is C13H22N2O5. The zero-order valence-electron chi connectivity index (χ0n) is 11.6. The molecule has 0 spiro atoms. The number of amides is 1. The van der Waals surface area contributed by atoms with Crippen molar-refractivity contribution in [1.82, 2.24) is 5.32 Å². The van der Waals surface area contributed by atoms with Crippen LogP contribution in [0.4, 0.5) is 0 Å². The molecular weight excluding hydrogens is 264 g/mol. The third kappa shape index (κ3) is 5.56. The number of carbonyl (C=O) groups excluding carboxylic acids is 2. The molecule has 20 heavy (non-hydrogen) atoms. The Kier molecular flexibility index (Phi) is 6.44. The summed E-state index contributed by atoms with van der Waals surface area (Å²) in [6, 6.07) is -1.11. The molecule has 1 unspecified atom stereocenters. The van der Waals surface area contributed by atoms with Gasteiger partial charge in [0.2, 0.25) is 5.91 Å². The quantitative estimate of drug-likeness (QED) is 0.568. The third-order valence-corrected chi connectivity index (χ3v) is 3.30. The number of carboxylic acids is 1. The molecule has 1 rings (SSSR count). The predicted molar refractivity (Wildman–Crippen MR) is 70.7 cm³/mol. The van der Waals surface area contributed by atoms with Crippen molar-refractivity contribution in [1.29, 1.82) is 0 Å². The van der Waals surface area contributed by atoms with E-state index >= 15 is 0 Å². The molecule has 0 saturated heterocycles. The standard InChI is InChI=1S/C13H22N2O5/c1-8(13(19)20-9-4-2-3-5-9)7-15-12(18)10(14)6-11(16)17/h8-10H,2-7,14H2,1H3,(H,15,18)(H,16,17)/t8?,10-/m1/s1. The van der Waals surface area contributed by atoms with Crippen LogP contribution in [0.15, 0.2) is 0 Å². The Hall–Kier alpha value is -1.63. The van der Waals surface area contributed by atoms with E-state index in [2.05, 4.69) is 5.32 Å². The number of carbonyl (C=O) groups is 3. The minimum atomic E-state index is -1.14. The SMILES string of the molecule is CC(CNC(=O)[C@H](N)CC(=O)O)C(=O)OC1CCCC1. The number of hydrogen-bond donors (Lipinski definition) is 3. The summed E-state index contributed by atoms with van der Waals surface area (Å²) in [5.74, 6) is -2.53. The highest BCUT2D eigenvalue weighted by atomic mass is 16.5. The first kappa shape index (κ1) is 16.4. The summed E-state index contributed by atoms with van der Waals surface area (Å²) in [7, 11) is 0. The van der Waals surface area contributed by atoms with Crippen LogP contribution in [-0.4, -0.2) is 41.6 Å². The second-order valence-corrected chi connectivity index (χ2v) is 5.19. The molecule has 0 aromatic carbocycles. The molecule has 7 nitrogen and oxygen atoms in total. The third-order valence-electron chi connectivity index (χ3n) is 3.30. The zero-order valence-corrected chi connectivity index (χ0v) is 11.6. The Morgan fingerprint density at radius 2 is 1.95 bits per heavy atom. The second kappa shape index (κ2) is 7.84. The van der Waals surface area contributed by atoms with Gasteiger partial charge >= 0.3 is 11.9 Å². The first-order chi connectivity index (χ1) is 9.40. The molecule has 0 radical (unpaired) electrons. The van der Waals surface area contributed by atoms with E-state index in [-0.39, 0.29) is 18.6 Å². The summed E-state index contributed by atoms with van der Waals surface area (Å²) >= 11 is 0. The number of aliphatic carboxylic acids is 1. The van der Waals surface area contributed by atoms with Crippen LogP contribution in [0.5, 0.6) is 0 Å². The van der Waals surface area contributed by atoms with Crippen molar-refractivity contribution in [2.24, 2.45) is 11.7 Å². The average molecular weight is 286 g/mol. The van der Waals surface area contributed by atoms with Gasteiger partial charge in [-0.15, -0.1) is 0 Å². The number of rotatable bonds is 7. The number of hydrogen-bond acceptors (Lipinski definition) is 5. The largest absolute Gasteiger partial charge is 0.481 e. The summed E-state index contributed by atoms with van der Waals surface area (Å²) in [5.41, 5.74) is 5.40. The van der Waals surface area contributed by atoms with E-state index in [1.165, 1.54) is 0 Å². The highest BCUT2D eigenvalue weighted by Gasteiger charge is 2.24. The smallest absolute Gasteiger partial charge is 0.310 e. The molecule has 1 aliphatic carbocycles. The van der Waals surface area contributed by atoms with Crippen LogP contribution in [0.1, 0.15) is 39.0 Å². The van der Waals surface area contributed by atoms with E-state index in [0.717, 1.165) is 25.7 Å². The Bertz CT molecular complexity index is 366. The van der Waals surface area contributed by atoms with Gasteiger partial charge in [0.25, 0.3) is 0 Å². The lowest BCUT2D eigenvalue weighted by molar-refractivity contribution is -0.153. The second-order valence-electron chi connectivity index (χ2n) is 5.19. The van der Waals surface area contributed by atoms with Gasteiger partial charge in [0.1, 0.15) is 6.10 Å². The van der Waals surface area contributed by atoms with E-state index in [9.17, 15) is 14.4 Å². The number of ether oxygens (including phenoxy) is 1. The fourth-order valence-corrected chi connectivity index (χ4v) is 2.04. The molecule has 0 bridgehead atoms. The predicted octanol–water partition coefficient (Wildman–Crippen LogP) is 0.0265. The minimum absolute atomic E-state index is 0.00470. The van der Waals surface area contributed by atoms with Crippen LogP contribution < -0.4 is 11.1 Å². The molecule has 1 amide bonds. The summed E-state index contributed by atoms with van der Waals surface area (Å²) in [4.78, 5) is 33.7. The van der Waals surface area contributed by atoms with Gasteiger partial charge in [-0.1, -0.05) is 6.92 Å². The maximum atomic E-state index is 11.8. The average Bonchev–Trinajstić information content (AvgIpc) is 2.87. The van der Waals surface area contributed by atoms with Crippen LogP contribution in [0.25, 0.3) is 0 Å². The lowest BCUT2D eigenvalue weighted by Crippen LogP contribution is -2.44. The summed E-state index contributed by atoms with van der Waals surface area (Å²) in [6.45, 7) is 1.75. The van der Waals surface area contributed by atoms with Crippen molar-refractivity contribution in [3.8, 4) is 0 Å². The molecule has 2 atom stereocenters. The van der Waals surface area contributed by atoms with Gasteiger partial charge < -0.3 is 20.9 Å². The Morgan fingerprint density at radius 3 is 2.50 bits per heavy atom. The zero-order chi connectivity index (χ0) is 15.1. The van der Waals surface area contributed by atoms with E-state index in [1.807, 2.05) is 0 Å². The van der Waals surface area contributed by atoms with Crippen molar-refractivity contribution in [2.45, 2.75) is 51.2 Å². The fourth-order valence-electron chi connectivity index (χ4n) is 2.04. The van der Waals surface area contributed by atoms with Gasteiger partial charge in [-0.2, -0.15) is 0 Å². The molecule has 0 aromatic heterocycles. The number of nitrogens with two attached hydrogens (primary N) is 1. The summed E-state index contributed by atoms with van der Waals surface area (Å²) in [6.07, 6.45) is 3.50. The lowest BCUT2D eigenvalue weighted by atomic mass is 10.1. The monoisotopic (exact) mass is 286 g/mol. The normalized spacial score (nSPS) is 18.3. The Balaban J connectivity index is 2.27. The first-order valence-electron chi connectivity index (χ1n) is 6.85. The topological polar surface area (TPSA) is 119 Å². The molecule has 0 aromatic rings. The van der Waals surface area contributed by atoms with Gasteiger partial charge in [0.15, 0.2) is 0 Å².